The number of hydrogen-bond donors (Lipinski definition) is 1. The highest BCUT2D eigenvalue weighted by Crippen LogP contribution is 2.27. The molecule has 0 fully saturated rings. The van der Waals surface area contributed by atoms with Crippen LogP contribution in [0.3, 0.4) is 0 Å². The molecular formula is C19H23N5. The van der Waals surface area contributed by atoms with Crippen molar-refractivity contribution in [3.8, 4) is 5.69 Å². The first-order chi connectivity index (χ1) is 11.8. The van der Waals surface area contributed by atoms with Gasteiger partial charge in [-0.05, 0) is 49.4 Å². The van der Waals surface area contributed by atoms with E-state index in [2.05, 4.69) is 52.5 Å². The Kier molecular flexibility index (Phi) is 4.17. The summed E-state index contributed by atoms with van der Waals surface area (Å²) in [5, 5.41) is 12.7. The lowest BCUT2D eigenvalue weighted by molar-refractivity contribution is 0.548. The molecule has 1 aliphatic carbocycles. The van der Waals surface area contributed by atoms with Gasteiger partial charge in [0, 0.05) is 25.0 Å². The normalized spacial score (nSPS) is 13.4. The van der Waals surface area contributed by atoms with E-state index in [1.54, 1.807) is 0 Å². The van der Waals surface area contributed by atoms with Gasteiger partial charge in [0.15, 0.2) is 0 Å². The SMILES string of the molecule is Cc1cnn(CCNCc2nn(-c3ccccc3)c3c2CCC3)c1. The lowest BCUT2D eigenvalue weighted by atomic mass is 10.2. The average molecular weight is 321 g/mol. The molecule has 2 heterocycles. The van der Waals surface area contributed by atoms with Crippen LogP contribution in [0.15, 0.2) is 42.7 Å². The lowest BCUT2D eigenvalue weighted by Gasteiger charge is -2.05. The summed E-state index contributed by atoms with van der Waals surface area (Å²) in [5.41, 5.74) is 6.40. The Hall–Kier alpha value is -2.40. The Balaban J connectivity index is 1.44. The third-order valence-electron chi connectivity index (χ3n) is 4.59. The molecule has 1 N–H and O–H groups in total. The summed E-state index contributed by atoms with van der Waals surface area (Å²) < 4.78 is 4.12. The second-order valence-corrected chi connectivity index (χ2v) is 6.43. The highest BCUT2D eigenvalue weighted by atomic mass is 15.3. The molecule has 0 saturated heterocycles. The highest BCUT2D eigenvalue weighted by Gasteiger charge is 2.22. The summed E-state index contributed by atoms with van der Waals surface area (Å²) in [6.07, 6.45) is 7.48. The van der Waals surface area contributed by atoms with E-state index in [1.807, 2.05) is 16.9 Å². The van der Waals surface area contributed by atoms with Gasteiger partial charge < -0.3 is 5.32 Å². The van der Waals surface area contributed by atoms with Gasteiger partial charge in [-0.15, -0.1) is 0 Å². The smallest absolute Gasteiger partial charge is 0.0801 e. The quantitative estimate of drug-likeness (QED) is 0.710. The van der Waals surface area contributed by atoms with Gasteiger partial charge in [0.1, 0.15) is 0 Å². The molecule has 5 nitrogen and oxygen atoms in total. The van der Waals surface area contributed by atoms with Crippen LogP contribution in [0.25, 0.3) is 5.69 Å². The molecule has 24 heavy (non-hydrogen) atoms. The third kappa shape index (κ3) is 2.99. The van der Waals surface area contributed by atoms with Crippen LogP contribution in [0, 0.1) is 6.92 Å². The molecule has 0 atom stereocenters. The van der Waals surface area contributed by atoms with Crippen LogP contribution < -0.4 is 5.32 Å². The van der Waals surface area contributed by atoms with E-state index in [9.17, 15) is 0 Å². The summed E-state index contributed by atoms with van der Waals surface area (Å²) in [6.45, 7) is 4.67. The van der Waals surface area contributed by atoms with Crippen LogP contribution in [-0.2, 0) is 25.9 Å². The fourth-order valence-corrected chi connectivity index (χ4v) is 3.43. The summed E-state index contributed by atoms with van der Waals surface area (Å²) in [6, 6.07) is 10.4. The summed E-state index contributed by atoms with van der Waals surface area (Å²) in [5.74, 6) is 0. The van der Waals surface area contributed by atoms with E-state index < -0.39 is 0 Å². The number of aryl methyl sites for hydroxylation is 1. The van der Waals surface area contributed by atoms with E-state index in [-0.39, 0.29) is 0 Å². The summed E-state index contributed by atoms with van der Waals surface area (Å²) in [4.78, 5) is 0. The number of nitrogens with one attached hydrogen (secondary N) is 1. The minimum Gasteiger partial charge on any atom is -0.309 e. The molecule has 0 unspecified atom stereocenters. The van der Waals surface area contributed by atoms with Crippen LogP contribution in [0.1, 0.15) is 28.9 Å². The van der Waals surface area contributed by atoms with Crippen molar-refractivity contribution in [2.24, 2.45) is 0 Å². The van der Waals surface area contributed by atoms with Gasteiger partial charge in [-0.1, -0.05) is 18.2 Å². The molecule has 0 amide bonds. The van der Waals surface area contributed by atoms with Gasteiger partial charge in [0.05, 0.1) is 24.1 Å². The first-order valence-electron chi connectivity index (χ1n) is 8.66. The molecule has 0 radical (unpaired) electrons. The van der Waals surface area contributed by atoms with Crippen molar-refractivity contribution < 1.29 is 0 Å². The summed E-state index contributed by atoms with van der Waals surface area (Å²) >= 11 is 0. The second-order valence-electron chi connectivity index (χ2n) is 6.43. The Labute approximate surface area is 142 Å². The average Bonchev–Trinajstić information content (AvgIpc) is 3.30. The molecule has 1 aliphatic rings. The monoisotopic (exact) mass is 321 g/mol. The number of benzene rings is 1. The lowest BCUT2D eigenvalue weighted by Crippen LogP contribution is -2.20. The van der Waals surface area contributed by atoms with Crippen molar-refractivity contribution >= 4 is 0 Å². The standard InChI is InChI=1S/C19H23N5/c1-15-12-21-23(14-15)11-10-20-13-18-17-8-5-9-19(17)24(22-18)16-6-3-2-4-7-16/h2-4,6-7,12,14,20H,5,8-11,13H2,1H3. The van der Waals surface area contributed by atoms with Crippen LogP contribution in [0.5, 0.6) is 0 Å². The maximum atomic E-state index is 4.88. The third-order valence-corrected chi connectivity index (χ3v) is 4.59. The molecule has 124 valence electrons. The van der Waals surface area contributed by atoms with Crippen molar-refractivity contribution in [1.29, 1.82) is 0 Å². The van der Waals surface area contributed by atoms with Gasteiger partial charge in [0.25, 0.3) is 0 Å². The zero-order valence-corrected chi connectivity index (χ0v) is 14.1. The van der Waals surface area contributed by atoms with Gasteiger partial charge in [-0.3, -0.25) is 4.68 Å². The van der Waals surface area contributed by atoms with Crippen LogP contribution >= 0.6 is 0 Å². The van der Waals surface area contributed by atoms with Gasteiger partial charge in [-0.25, -0.2) is 4.68 Å². The fraction of sp³-hybridized carbons (Fsp3) is 0.368. The molecule has 0 spiro atoms. The Bertz CT molecular complexity index is 816. The molecule has 0 saturated carbocycles. The zero-order valence-electron chi connectivity index (χ0n) is 14.1. The van der Waals surface area contributed by atoms with E-state index in [4.69, 9.17) is 5.10 Å². The van der Waals surface area contributed by atoms with Crippen molar-refractivity contribution in [2.45, 2.75) is 39.3 Å². The number of rotatable bonds is 6. The van der Waals surface area contributed by atoms with E-state index in [0.29, 0.717) is 0 Å². The van der Waals surface area contributed by atoms with Crippen LogP contribution in [0.2, 0.25) is 0 Å². The molecule has 4 rings (SSSR count). The number of para-hydroxylation sites is 1. The first kappa shape index (κ1) is 15.1. The Morgan fingerprint density at radius 1 is 1.17 bits per heavy atom. The number of nitrogens with zero attached hydrogens (tertiary/aromatic N) is 4. The first-order valence-corrected chi connectivity index (χ1v) is 8.66. The van der Waals surface area contributed by atoms with Crippen molar-refractivity contribution in [3.05, 3.63) is 65.2 Å². The highest BCUT2D eigenvalue weighted by molar-refractivity contribution is 5.39. The maximum absolute atomic E-state index is 4.88. The fourth-order valence-electron chi connectivity index (χ4n) is 3.43. The van der Waals surface area contributed by atoms with E-state index in [1.165, 1.54) is 28.9 Å². The number of hydrogen-bond acceptors (Lipinski definition) is 3. The topological polar surface area (TPSA) is 47.7 Å². The molecule has 0 bridgehead atoms. The van der Waals surface area contributed by atoms with Gasteiger partial charge in [-0.2, -0.15) is 10.2 Å². The molecule has 5 heteroatoms. The molecule has 0 aliphatic heterocycles. The number of fused-ring (bicyclic) bond motifs is 1. The number of aromatic nitrogens is 4. The minimum atomic E-state index is 0.822. The minimum absolute atomic E-state index is 0.822. The van der Waals surface area contributed by atoms with Crippen LogP contribution in [-0.4, -0.2) is 26.1 Å². The predicted molar refractivity (Wildman–Crippen MR) is 94.3 cm³/mol. The van der Waals surface area contributed by atoms with Gasteiger partial charge in [0.2, 0.25) is 0 Å². The van der Waals surface area contributed by atoms with Crippen LogP contribution in [0.4, 0.5) is 0 Å². The predicted octanol–water partition coefficient (Wildman–Crippen LogP) is 2.66. The molecule has 3 aromatic rings. The molecule has 1 aromatic carbocycles. The molecule has 2 aromatic heterocycles. The largest absolute Gasteiger partial charge is 0.309 e. The van der Waals surface area contributed by atoms with E-state index in [0.717, 1.165) is 38.2 Å². The molecular weight excluding hydrogens is 298 g/mol. The second kappa shape index (κ2) is 6.61. The Morgan fingerprint density at radius 2 is 2.04 bits per heavy atom. The Morgan fingerprint density at radius 3 is 2.83 bits per heavy atom. The van der Waals surface area contributed by atoms with Gasteiger partial charge >= 0.3 is 0 Å². The van der Waals surface area contributed by atoms with Crippen molar-refractivity contribution in [1.82, 2.24) is 24.9 Å². The van der Waals surface area contributed by atoms with E-state index >= 15 is 0 Å². The summed E-state index contributed by atoms with van der Waals surface area (Å²) in [7, 11) is 0. The zero-order chi connectivity index (χ0) is 16.4. The van der Waals surface area contributed by atoms with Crippen molar-refractivity contribution in [2.75, 3.05) is 6.54 Å². The van der Waals surface area contributed by atoms with Crippen molar-refractivity contribution in [3.63, 3.8) is 0 Å². The maximum Gasteiger partial charge on any atom is 0.0801 e.